The minimum atomic E-state index is -1.82. The van der Waals surface area contributed by atoms with Crippen molar-refractivity contribution in [2.75, 3.05) is 18.1 Å². The molecule has 0 amide bonds. The van der Waals surface area contributed by atoms with Crippen LogP contribution in [0.1, 0.15) is 17.5 Å². The lowest BCUT2D eigenvalue weighted by molar-refractivity contribution is -0.177. The van der Waals surface area contributed by atoms with Gasteiger partial charge in [0.1, 0.15) is 29.4 Å². The van der Waals surface area contributed by atoms with Gasteiger partial charge in [0.05, 0.1) is 12.9 Å². The topological polar surface area (TPSA) is 186 Å². The number of aliphatic hydroxyl groups is 4. The maximum atomic E-state index is 12.3. The molecule has 11 heteroatoms. The number of nitrogens with two attached hydrogens (primary N) is 2. The van der Waals surface area contributed by atoms with Gasteiger partial charge in [0.25, 0.3) is 0 Å². The molecule has 0 radical (unpaired) electrons. The Morgan fingerprint density at radius 1 is 0.971 bits per heavy atom. The predicted octanol–water partition coefficient (Wildman–Crippen LogP) is 0.0826. The fourth-order valence-corrected chi connectivity index (χ4v) is 4.83. The summed E-state index contributed by atoms with van der Waals surface area (Å²) in [5, 5.41) is 44.3. The van der Waals surface area contributed by atoms with E-state index < -0.39 is 36.2 Å². The molecule has 0 saturated carbocycles. The lowest BCUT2D eigenvalue weighted by Crippen LogP contribution is -2.50. The monoisotopic (exact) mass is 478 g/mol. The van der Waals surface area contributed by atoms with Gasteiger partial charge in [-0.05, 0) is 11.1 Å². The number of aromatic nitrogens is 4. The normalized spacial score (nSPS) is 24.7. The third kappa shape index (κ3) is 3.61. The second-order valence-corrected chi connectivity index (χ2v) is 8.64. The fourth-order valence-electron chi connectivity index (χ4n) is 4.83. The molecule has 0 bridgehead atoms. The van der Waals surface area contributed by atoms with Gasteiger partial charge in [0.15, 0.2) is 17.2 Å². The number of hydrogen-bond acceptors (Lipinski definition) is 10. The molecule has 3 heterocycles. The molecule has 1 fully saturated rings. The first-order valence-corrected chi connectivity index (χ1v) is 11.0. The van der Waals surface area contributed by atoms with E-state index in [9.17, 15) is 20.4 Å². The summed E-state index contributed by atoms with van der Waals surface area (Å²) in [6.45, 7) is -0.568. The Morgan fingerprint density at radius 3 is 2.11 bits per heavy atom. The predicted molar refractivity (Wildman–Crippen MR) is 127 cm³/mol. The minimum Gasteiger partial charge on any atom is -0.394 e. The lowest BCUT2D eigenvalue weighted by Gasteiger charge is -2.41. The van der Waals surface area contributed by atoms with Gasteiger partial charge in [-0.15, -0.1) is 0 Å². The largest absolute Gasteiger partial charge is 0.394 e. The van der Waals surface area contributed by atoms with E-state index in [1.165, 1.54) is 10.9 Å². The molecular weight excluding hydrogens is 452 g/mol. The Balaban J connectivity index is 1.76. The van der Waals surface area contributed by atoms with Gasteiger partial charge in [-0.2, -0.15) is 9.97 Å². The molecule has 35 heavy (non-hydrogen) atoms. The summed E-state index contributed by atoms with van der Waals surface area (Å²) >= 11 is 0. The molecule has 182 valence electrons. The van der Waals surface area contributed by atoms with E-state index in [1.807, 2.05) is 12.1 Å². The quantitative estimate of drug-likeness (QED) is 0.222. The van der Waals surface area contributed by atoms with Gasteiger partial charge >= 0.3 is 0 Å². The first-order chi connectivity index (χ1) is 16.8. The summed E-state index contributed by atoms with van der Waals surface area (Å²) in [6.07, 6.45) is -3.15. The molecular formula is C24H26N6O5. The van der Waals surface area contributed by atoms with Crippen LogP contribution in [0.5, 0.6) is 0 Å². The summed E-state index contributed by atoms with van der Waals surface area (Å²) in [5.41, 5.74) is 9.71. The molecule has 1 saturated heterocycles. The number of benzene rings is 2. The summed E-state index contributed by atoms with van der Waals surface area (Å²) in [7, 11) is 0. The lowest BCUT2D eigenvalue weighted by atomic mass is 9.78. The van der Waals surface area contributed by atoms with Crippen LogP contribution in [0.25, 0.3) is 11.2 Å². The van der Waals surface area contributed by atoms with Crippen LogP contribution < -0.4 is 11.5 Å². The molecule has 5 rings (SSSR count). The van der Waals surface area contributed by atoms with Crippen molar-refractivity contribution < 1.29 is 25.2 Å². The van der Waals surface area contributed by atoms with Crippen LogP contribution >= 0.6 is 0 Å². The van der Waals surface area contributed by atoms with E-state index in [0.29, 0.717) is 11.1 Å². The standard InChI is InChI=1S/C24H26N6O5/c25-20-17-21(29-22(26)28-20)30(13-27-17)24(19(33)18(32)16(11-31)35-24)12-23(34,14-7-3-1-4-8-14)15-9-5-2-6-10-15/h1-10,13,16,18-19,31-34H,11-12H2,(H4,25,26,28,29)/t16-,18-,19-,24-/m1/s1. The average molecular weight is 479 g/mol. The Morgan fingerprint density at radius 2 is 1.57 bits per heavy atom. The van der Waals surface area contributed by atoms with Gasteiger partial charge < -0.3 is 36.6 Å². The molecule has 8 N–H and O–H groups in total. The van der Waals surface area contributed by atoms with Crippen molar-refractivity contribution >= 4 is 22.9 Å². The zero-order valence-corrected chi connectivity index (χ0v) is 18.6. The van der Waals surface area contributed by atoms with Crippen molar-refractivity contribution in [1.29, 1.82) is 0 Å². The smallest absolute Gasteiger partial charge is 0.224 e. The zero-order valence-electron chi connectivity index (χ0n) is 18.6. The number of aliphatic hydroxyl groups excluding tert-OH is 3. The first-order valence-electron chi connectivity index (χ1n) is 11.0. The number of nitrogen functional groups attached to an aromatic ring is 2. The van der Waals surface area contributed by atoms with Gasteiger partial charge in [0.2, 0.25) is 5.95 Å². The first kappa shape index (κ1) is 23.1. The molecule has 1 aliphatic rings. The van der Waals surface area contributed by atoms with Crippen LogP contribution in [0.2, 0.25) is 0 Å². The van der Waals surface area contributed by atoms with E-state index in [1.54, 1.807) is 48.5 Å². The molecule has 2 aromatic heterocycles. The van der Waals surface area contributed by atoms with Gasteiger partial charge in [-0.25, -0.2) is 4.98 Å². The Labute approximate surface area is 200 Å². The van der Waals surface area contributed by atoms with Crippen LogP contribution in [0.3, 0.4) is 0 Å². The van der Waals surface area contributed by atoms with Gasteiger partial charge in [-0.1, -0.05) is 60.7 Å². The summed E-state index contributed by atoms with van der Waals surface area (Å²) in [5.74, 6) is -0.102. The van der Waals surface area contributed by atoms with E-state index >= 15 is 0 Å². The van der Waals surface area contributed by atoms with Gasteiger partial charge in [0, 0.05) is 6.42 Å². The highest BCUT2D eigenvalue weighted by atomic mass is 16.6. The number of hydrogen-bond donors (Lipinski definition) is 6. The maximum absolute atomic E-state index is 12.3. The molecule has 0 spiro atoms. The SMILES string of the molecule is Nc1nc(N)c2ncn([C@]3(CC(O)(c4ccccc4)c4ccccc4)O[C@H](CO)[C@@H](O)[C@H]3O)c2n1. The van der Waals surface area contributed by atoms with Crippen LogP contribution in [0.15, 0.2) is 67.0 Å². The van der Waals surface area contributed by atoms with Crippen LogP contribution in [0.4, 0.5) is 11.8 Å². The third-order valence-electron chi connectivity index (χ3n) is 6.56. The highest BCUT2D eigenvalue weighted by molar-refractivity contribution is 5.82. The van der Waals surface area contributed by atoms with E-state index in [0.717, 1.165) is 0 Å². The molecule has 0 unspecified atom stereocenters. The van der Waals surface area contributed by atoms with Crippen LogP contribution in [-0.4, -0.2) is 64.9 Å². The fraction of sp³-hybridized carbons (Fsp3) is 0.292. The van der Waals surface area contributed by atoms with E-state index in [4.69, 9.17) is 16.2 Å². The number of anilines is 2. The van der Waals surface area contributed by atoms with Crippen molar-refractivity contribution in [2.45, 2.75) is 36.1 Å². The summed E-state index contributed by atoms with van der Waals surface area (Å²) in [6, 6.07) is 17.8. The summed E-state index contributed by atoms with van der Waals surface area (Å²) in [4.78, 5) is 12.4. The number of rotatable bonds is 6. The van der Waals surface area contributed by atoms with Crippen molar-refractivity contribution in [1.82, 2.24) is 19.5 Å². The minimum absolute atomic E-state index is 0.0227. The highest BCUT2D eigenvalue weighted by Crippen LogP contribution is 2.47. The van der Waals surface area contributed by atoms with Crippen LogP contribution in [0, 0.1) is 0 Å². The van der Waals surface area contributed by atoms with Crippen LogP contribution in [-0.2, 0) is 16.1 Å². The molecule has 1 aliphatic heterocycles. The molecule has 4 atom stereocenters. The zero-order chi connectivity index (χ0) is 24.8. The number of nitrogens with zero attached hydrogens (tertiary/aromatic N) is 4. The van der Waals surface area contributed by atoms with Crippen molar-refractivity contribution in [3.63, 3.8) is 0 Å². The second-order valence-electron chi connectivity index (χ2n) is 8.64. The van der Waals surface area contributed by atoms with Crippen molar-refractivity contribution in [3.8, 4) is 0 Å². The number of ether oxygens (including phenoxy) is 1. The Kier molecular flexibility index (Phi) is 5.66. The molecule has 0 aliphatic carbocycles. The average Bonchev–Trinajstić information content (AvgIpc) is 3.40. The number of imidazole rings is 1. The molecule has 11 nitrogen and oxygen atoms in total. The van der Waals surface area contributed by atoms with E-state index in [-0.39, 0.29) is 29.4 Å². The van der Waals surface area contributed by atoms with E-state index in [2.05, 4.69) is 15.0 Å². The molecule has 4 aromatic rings. The third-order valence-corrected chi connectivity index (χ3v) is 6.56. The maximum Gasteiger partial charge on any atom is 0.224 e. The Bertz CT molecular complexity index is 1300. The summed E-state index contributed by atoms with van der Waals surface area (Å²) < 4.78 is 7.55. The van der Waals surface area contributed by atoms with Gasteiger partial charge in [-0.3, -0.25) is 4.57 Å². The molecule has 2 aromatic carbocycles. The second kappa shape index (κ2) is 8.56. The Hall–Kier alpha value is -3.61. The highest BCUT2D eigenvalue weighted by Gasteiger charge is 2.59. The van der Waals surface area contributed by atoms with Crippen molar-refractivity contribution in [2.24, 2.45) is 0 Å². The number of fused-ring (bicyclic) bond motifs is 1. The van der Waals surface area contributed by atoms with Crippen molar-refractivity contribution in [3.05, 3.63) is 78.1 Å².